The van der Waals surface area contributed by atoms with Crippen molar-refractivity contribution in [1.82, 2.24) is 5.32 Å². The maximum Gasteiger partial charge on any atom is 0.389 e. The van der Waals surface area contributed by atoms with Gasteiger partial charge in [-0.3, -0.25) is 4.79 Å². The molecule has 0 unspecified atom stereocenters. The van der Waals surface area contributed by atoms with Crippen molar-refractivity contribution in [3.63, 3.8) is 0 Å². The first kappa shape index (κ1) is 16.5. The van der Waals surface area contributed by atoms with Gasteiger partial charge in [-0.1, -0.05) is 19.0 Å². The molecular weight excluding hydrogens is 251 g/mol. The predicted molar refractivity (Wildman–Crippen MR) is 60.2 cm³/mol. The average molecular weight is 269 g/mol. The van der Waals surface area contributed by atoms with Gasteiger partial charge in [0.2, 0.25) is 5.91 Å². The van der Waals surface area contributed by atoms with Crippen molar-refractivity contribution >= 4 is 11.7 Å². The highest BCUT2D eigenvalue weighted by Gasteiger charge is 2.34. The molecule has 0 aromatic carbocycles. The lowest BCUT2D eigenvalue weighted by Gasteiger charge is -2.31. The molecule has 0 aromatic heterocycles. The fraction of sp³-hybridized carbons (Fsp3) is 0.800. The number of carbonyl (C=O) groups is 1. The Morgan fingerprint density at radius 1 is 1.33 bits per heavy atom. The lowest BCUT2D eigenvalue weighted by Crippen LogP contribution is -2.56. The van der Waals surface area contributed by atoms with Crippen LogP contribution >= 0.6 is 0 Å². The van der Waals surface area contributed by atoms with Crippen molar-refractivity contribution in [1.29, 1.82) is 0 Å². The fourth-order valence-corrected chi connectivity index (χ4v) is 1.53. The summed E-state index contributed by atoms with van der Waals surface area (Å²) in [5, 5.41) is 13.9. The van der Waals surface area contributed by atoms with E-state index in [1.165, 1.54) is 0 Å². The first-order valence-corrected chi connectivity index (χ1v) is 5.56. The van der Waals surface area contributed by atoms with Crippen LogP contribution in [0.5, 0.6) is 0 Å². The Kier molecular flexibility index (Phi) is 5.93. The summed E-state index contributed by atoms with van der Waals surface area (Å²) in [4.78, 5) is 11.4. The first-order valence-electron chi connectivity index (χ1n) is 5.56. The van der Waals surface area contributed by atoms with Crippen LogP contribution in [-0.4, -0.2) is 28.7 Å². The Labute approximate surface area is 103 Å². The van der Waals surface area contributed by atoms with Gasteiger partial charge in [0.05, 0.1) is 6.42 Å². The summed E-state index contributed by atoms with van der Waals surface area (Å²) in [6, 6.07) is 0. The van der Waals surface area contributed by atoms with Crippen LogP contribution in [-0.2, 0) is 4.79 Å². The van der Waals surface area contributed by atoms with Gasteiger partial charge in [-0.2, -0.15) is 13.2 Å². The van der Waals surface area contributed by atoms with Crippen LogP contribution in [0.15, 0.2) is 5.16 Å². The van der Waals surface area contributed by atoms with Crippen LogP contribution in [0, 0.1) is 0 Å². The minimum atomic E-state index is -4.38. The minimum Gasteiger partial charge on any atom is -0.409 e. The SMILES string of the molecule is CCC(CC)(NC(=O)CCC(F)(F)F)/C(N)=N/O. The Morgan fingerprint density at radius 3 is 2.17 bits per heavy atom. The average Bonchev–Trinajstić information content (AvgIpc) is 2.31. The van der Waals surface area contributed by atoms with Crippen molar-refractivity contribution in [3.8, 4) is 0 Å². The second-order valence-electron chi connectivity index (χ2n) is 3.94. The van der Waals surface area contributed by atoms with Crippen LogP contribution < -0.4 is 11.1 Å². The number of nitrogens with two attached hydrogens (primary N) is 1. The molecule has 0 aliphatic carbocycles. The molecule has 18 heavy (non-hydrogen) atoms. The molecule has 0 atom stereocenters. The molecule has 0 radical (unpaired) electrons. The van der Waals surface area contributed by atoms with Crippen molar-refractivity contribution in [2.24, 2.45) is 10.9 Å². The van der Waals surface area contributed by atoms with E-state index in [1.807, 2.05) is 0 Å². The van der Waals surface area contributed by atoms with Crippen LogP contribution in [0.3, 0.4) is 0 Å². The van der Waals surface area contributed by atoms with Crippen LogP contribution in [0.4, 0.5) is 13.2 Å². The molecule has 0 spiro atoms. The van der Waals surface area contributed by atoms with E-state index in [-0.39, 0.29) is 5.84 Å². The molecule has 0 bridgehead atoms. The van der Waals surface area contributed by atoms with Gasteiger partial charge in [-0.05, 0) is 12.8 Å². The highest BCUT2D eigenvalue weighted by molar-refractivity contribution is 5.93. The molecule has 5 nitrogen and oxygen atoms in total. The third-order valence-electron chi connectivity index (χ3n) is 2.82. The number of alkyl halides is 3. The van der Waals surface area contributed by atoms with Gasteiger partial charge in [0.1, 0.15) is 5.54 Å². The molecule has 0 heterocycles. The quantitative estimate of drug-likeness (QED) is 0.297. The normalized spacial score (nSPS) is 13.5. The monoisotopic (exact) mass is 269 g/mol. The summed E-state index contributed by atoms with van der Waals surface area (Å²) < 4.78 is 35.9. The van der Waals surface area contributed by atoms with Crippen LogP contribution in [0.25, 0.3) is 0 Å². The summed E-state index contributed by atoms with van der Waals surface area (Å²) in [6.45, 7) is 3.37. The molecule has 0 aliphatic rings. The van der Waals surface area contributed by atoms with Gasteiger partial charge in [0.25, 0.3) is 0 Å². The summed E-state index contributed by atoms with van der Waals surface area (Å²) in [7, 11) is 0. The third-order valence-corrected chi connectivity index (χ3v) is 2.82. The molecule has 0 aliphatic heterocycles. The number of rotatable bonds is 6. The van der Waals surface area contributed by atoms with Gasteiger partial charge < -0.3 is 16.3 Å². The molecule has 8 heteroatoms. The topological polar surface area (TPSA) is 87.7 Å². The van der Waals surface area contributed by atoms with E-state index in [2.05, 4.69) is 10.5 Å². The maximum atomic E-state index is 12.0. The molecule has 1 amide bonds. The van der Waals surface area contributed by atoms with Crippen LogP contribution in [0.2, 0.25) is 0 Å². The first-order chi connectivity index (χ1) is 8.20. The lowest BCUT2D eigenvalue weighted by atomic mass is 9.91. The number of oxime groups is 1. The summed E-state index contributed by atoms with van der Waals surface area (Å²) in [6.07, 6.45) is -5.62. The fourth-order valence-electron chi connectivity index (χ4n) is 1.53. The van der Waals surface area contributed by atoms with Gasteiger partial charge >= 0.3 is 6.18 Å². The molecule has 0 rings (SSSR count). The molecule has 0 saturated carbocycles. The number of nitrogens with one attached hydrogen (secondary N) is 1. The Bertz CT molecular complexity index is 312. The van der Waals surface area contributed by atoms with Gasteiger partial charge in [0.15, 0.2) is 5.84 Å². The van der Waals surface area contributed by atoms with Crippen molar-refractivity contribution < 1.29 is 23.2 Å². The number of amidine groups is 1. The Hall–Kier alpha value is -1.47. The number of carbonyl (C=O) groups excluding carboxylic acids is 1. The molecular formula is C10H18F3N3O2. The predicted octanol–water partition coefficient (Wildman–Crippen LogP) is 1.75. The molecule has 0 fully saturated rings. The van der Waals surface area contributed by atoms with E-state index in [1.54, 1.807) is 13.8 Å². The van der Waals surface area contributed by atoms with E-state index in [4.69, 9.17) is 10.9 Å². The zero-order chi connectivity index (χ0) is 14.4. The Balaban J connectivity index is 4.66. The number of hydrogen-bond acceptors (Lipinski definition) is 3. The molecule has 0 aromatic rings. The van der Waals surface area contributed by atoms with E-state index in [9.17, 15) is 18.0 Å². The number of halogens is 3. The maximum absolute atomic E-state index is 12.0. The van der Waals surface area contributed by atoms with Gasteiger partial charge in [-0.15, -0.1) is 0 Å². The minimum absolute atomic E-state index is 0.215. The summed E-state index contributed by atoms with van der Waals surface area (Å²) in [5.74, 6) is -0.990. The van der Waals surface area contributed by atoms with Crippen LogP contribution in [0.1, 0.15) is 39.5 Å². The number of hydrogen-bond donors (Lipinski definition) is 3. The second kappa shape index (κ2) is 6.46. The summed E-state index contributed by atoms with van der Waals surface area (Å²) in [5.41, 5.74) is 4.37. The smallest absolute Gasteiger partial charge is 0.389 e. The van der Waals surface area contributed by atoms with Crippen molar-refractivity contribution in [3.05, 3.63) is 0 Å². The largest absolute Gasteiger partial charge is 0.409 e. The third kappa shape index (κ3) is 4.80. The standard InChI is InChI=1S/C10H18F3N3O2/c1-3-9(4-2,8(14)16-18)15-7(17)5-6-10(11,12)13/h18H,3-6H2,1-2H3,(H2,14,16)(H,15,17). The van der Waals surface area contributed by atoms with E-state index in [0.717, 1.165) is 0 Å². The lowest BCUT2D eigenvalue weighted by molar-refractivity contribution is -0.144. The molecule has 106 valence electrons. The highest BCUT2D eigenvalue weighted by Crippen LogP contribution is 2.22. The zero-order valence-electron chi connectivity index (χ0n) is 10.3. The van der Waals surface area contributed by atoms with E-state index in [0.29, 0.717) is 12.8 Å². The van der Waals surface area contributed by atoms with Gasteiger partial charge in [0, 0.05) is 6.42 Å². The molecule has 4 N–H and O–H groups in total. The molecule has 0 saturated heterocycles. The number of amides is 1. The van der Waals surface area contributed by atoms with E-state index < -0.39 is 30.5 Å². The second-order valence-corrected chi connectivity index (χ2v) is 3.94. The van der Waals surface area contributed by atoms with Crippen molar-refractivity contribution in [2.45, 2.75) is 51.2 Å². The van der Waals surface area contributed by atoms with E-state index >= 15 is 0 Å². The highest BCUT2D eigenvalue weighted by atomic mass is 19.4. The summed E-state index contributed by atoms with van der Waals surface area (Å²) >= 11 is 0. The Morgan fingerprint density at radius 2 is 1.83 bits per heavy atom. The zero-order valence-corrected chi connectivity index (χ0v) is 10.3. The van der Waals surface area contributed by atoms with Gasteiger partial charge in [-0.25, -0.2) is 0 Å². The number of nitrogens with zero attached hydrogens (tertiary/aromatic N) is 1. The van der Waals surface area contributed by atoms with Crippen molar-refractivity contribution in [2.75, 3.05) is 0 Å².